The first-order valence-electron chi connectivity index (χ1n) is 5.60. The molecule has 90 valence electrons. The molecule has 0 radical (unpaired) electrons. The molecule has 1 amide bonds. The molecule has 0 atom stereocenters. The summed E-state index contributed by atoms with van der Waals surface area (Å²) in [5.74, 6) is 0.102. The summed E-state index contributed by atoms with van der Waals surface area (Å²) in [7, 11) is 1.67. The number of thioether (sulfide) groups is 1. The van der Waals surface area contributed by atoms with Gasteiger partial charge in [0.15, 0.2) is 0 Å². The predicted molar refractivity (Wildman–Crippen MR) is 68.4 cm³/mol. The van der Waals surface area contributed by atoms with Crippen LogP contribution < -0.4 is 10.6 Å². The Morgan fingerprint density at radius 1 is 1.33 bits per heavy atom. The topological polar surface area (TPSA) is 41.1 Å². The zero-order valence-electron chi connectivity index (χ0n) is 10.4. The van der Waals surface area contributed by atoms with Gasteiger partial charge in [-0.25, -0.2) is 0 Å². The molecule has 0 aliphatic rings. The minimum atomic E-state index is 0.102. The van der Waals surface area contributed by atoms with Crippen molar-refractivity contribution >= 4 is 17.7 Å². The van der Waals surface area contributed by atoms with Crippen LogP contribution in [0.15, 0.2) is 0 Å². The van der Waals surface area contributed by atoms with Crippen LogP contribution in [-0.2, 0) is 4.79 Å². The average Bonchev–Trinajstić information content (AvgIpc) is 2.30. The molecule has 15 heavy (non-hydrogen) atoms. The Balaban J connectivity index is 3.76. The third-order valence-electron chi connectivity index (χ3n) is 2.98. The van der Waals surface area contributed by atoms with Crippen LogP contribution in [0.2, 0.25) is 0 Å². The molecule has 0 fully saturated rings. The van der Waals surface area contributed by atoms with Crippen molar-refractivity contribution in [1.29, 1.82) is 0 Å². The molecule has 0 saturated heterocycles. The third kappa shape index (κ3) is 5.42. The van der Waals surface area contributed by atoms with Crippen LogP contribution in [0.4, 0.5) is 0 Å². The van der Waals surface area contributed by atoms with E-state index < -0.39 is 0 Å². The Kier molecular flexibility index (Phi) is 7.88. The molecule has 0 heterocycles. The quantitative estimate of drug-likeness (QED) is 0.625. The summed E-state index contributed by atoms with van der Waals surface area (Å²) in [4.78, 5) is 11.0. The number of carbonyl (C=O) groups is 1. The molecule has 0 aliphatic heterocycles. The summed E-state index contributed by atoms with van der Waals surface area (Å²) in [6, 6.07) is 0. The Bertz CT molecular complexity index is 173. The zero-order chi connectivity index (χ0) is 11.7. The minimum Gasteiger partial charge on any atom is -0.359 e. The van der Waals surface area contributed by atoms with Crippen molar-refractivity contribution < 1.29 is 4.79 Å². The molecular weight excluding hydrogens is 208 g/mol. The molecule has 0 aliphatic carbocycles. The summed E-state index contributed by atoms with van der Waals surface area (Å²) in [5, 5.41) is 5.98. The van der Waals surface area contributed by atoms with Crippen molar-refractivity contribution in [2.45, 2.75) is 37.9 Å². The Morgan fingerprint density at radius 2 is 1.93 bits per heavy atom. The first kappa shape index (κ1) is 14.8. The molecule has 0 spiro atoms. The SMILES string of the molecule is CCC(CC)(CNCCC(=O)NC)SC. The summed E-state index contributed by atoms with van der Waals surface area (Å²) >= 11 is 1.92. The van der Waals surface area contributed by atoms with Gasteiger partial charge in [0.25, 0.3) is 0 Å². The third-order valence-corrected chi connectivity index (χ3v) is 4.56. The van der Waals surface area contributed by atoms with E-state index in [1.165, 1.54) is 0 Å². The van der Waals surface area contributed by atoms with Crippen molar-refractivity contribution in [3.8, 4) is 0 Å². The first-order valence-corrected chi connectivity index (χ1v) is 6.83. The maximum absolute atomic E-state index is 11.0. The van der Waals surface area contributed by atoms with E-state index >= 15 is 0 Å². The van der Waals surface area contributed by atoms with E-state index in [0.29, 0.717) is 11.2 Å². The fourth-order valence-corrected chi connectivity index (χ4v) is 2.33. The van der Waals surface area contributed by atoms with Crippen molar-refractivity contribution in [1.82, 2.24) is 10.6 Å². The molecule has 0 aromatic heterocycles. The molecule has 0 aromatic carbocycles. The summed E-state index contributed by atoms with van der Waals surface area (Å²) in [6.07, 6.45) is 5.05. The van der Waals surface area contributed by atoms with Crippen LogP contribution in [0.25, 0.3) is 0 Å². The van der Waals surface area contributed by atoms with Crippen molar-refractivity contribution in [2.24, 2.45) is 0 Å². The molecule has 0 bridgehead atoms. The fourth-order valence-electron chi connectivity index (χ4n) is 1.50. The monoisotopic (exact) mass is 232 g/mol. The van der Waals surface area contributed by atoms with Gasteiger partial charge in [-0.05, 0) is 19.1 Å². The van der Waals surface area contributed by atoms with Gasteiger partial charge in [0.2, 0.25) is 5.91 Å². The Morgan fingerprint density at radius 3 is 2.33 bits per heavy atom. The van der Waals surface area contributed by atoms with Crippen LogP contribution in [0.5, 0.6) is 0 Å². The van der Waals surface area contributed by atoms with E-state index in [-0.39, 0.29) is 5.91 Å². The van der Waals surface area contributed by atoms with E-state index in [1.807, 2.05) is 11.8 Å². The van der Waals surface area contributed by atoms with Gasteiger partial charge in [-0.1, -0.05) is 13.8 Å². The lowest BCUT2D eigenvalue weighted by atomic mass is 10.0. The van der Waals surface area contributed by atoms with Crippen molar-refractivity contribution in [2.75, 3.05) is 26.4 Å². The Hall–Kier alpha value is -0.220. The maximum Gasteiger partial charge on any atom is 0.221 e. The van der Waals surface area contributed by atoms with Gasteiger partial charge < -0.3 is 10.6 Å². The van der Waals surface area contributed by atoms with Gasteiger partial charge in [0.05, 0.1) is 0 Å². The second kappa shape index (κ2) is 7.99. The molecule has 0 rings (SSSR count). The lowest BCUT2D eigenvalue weighted by molar-refractivity contribution is -0.120. The summed E-state index contributed by atoms with van der Waals surface area (Å²) in [6.45, 7) is 6.20. The zero-order valence-corrected chi connectivity index (χ0v) is 11.2. The van der Waals surface area contributed by atoms with Crippen LogP contribution in [0, 0.1) is 0 Å². The lowest BCUT2D eigenvalue weighted by Crippen LogP contribution is -2.38. The second-order valence-corrected chi connectivity index (χ2v) is 4.97. The van der Waals surface area contributed by atoms with E-state index in [4.69, 9.17) is 0 Å². The predicted octanol–water partition coefficient (Wildman–Crippen LogP) is 1.63. The van der Waals surface area contributed by atoms with E-state index in [2.05, 4.69) is 30.7 Å². The largest absolute Gasteiger partial charge is 0.359 e. The van der Waals surface area contributed by atoms with Gasteiger partial charge in [-0.3, -0.25) is 4.79 Å². The van der Waals surface area contributed by atoms with Crippen molar-refractivity contribution in [3.05, 3.63) is 0 Å². The highest BCUT2D eigenvalue weighted by molar-refractivity contribution is 8.00. The van der Waals surface area contributed by atoms with Crippen molar-refractivity contribution in [3.63, 3.8) is 0 Å². The van der Waals surface area contributed by atoms with Crippen LogP contribution in [0.3, 0.4) is 0 Å². The molecular formula is C11H24N2OS. The van der Waals surface area contributed by atoms with Gasteiger partial charge in [-0.2, -0.15) is 11.8 Å². The van der Waals surface area contributed by atoms with Gasteiger partial charge in [0.1, 0.15) is 0 Å². The number of nitrogens with one attached hydrogen (secondary N) is 2. The summed E-state index contributed by atoms with van der Waals surface area (Å²) < 4.78 is 0.336. The number of amides is 1. The van der Waals surface area contributed by atoms with E-state index in [9.17, 15) is 4.79 Å². The second-order valence-electron chi connectivity index (χ2n) is 3.69. The first-order chi connectivity index (χ1) is 7.14. The highest BCUT2D eigenvalue weighted by Gasteiger charge is 2.23. The number of hydrogen-bond acceptors (Lipinski definition) is 3. The average molecular weight is 232 g/mol. The fraction of sp³-hybridized carbons (Fsp3) is 0.909. The van der Waals surface area contributed by atoms with Gasteiger partial charge in [0, 0.05) is 31.3 Å². The van der Waals surface area contributed by atoms with Gasteiger partial charge in [-0.15, -0.1) is 0 Å². The molecule has 0 aromatic rings. The van der Waals surface area contributed by atoms with Crippen LogP contribution in [0.1, 0.15) is 33.1 Å². The standard InChI is InChI=1S/C11H24N2OS/c1-5-11(6-2,15-4)9-13-8-7-10(14)12-3/h13H,5-9H2,1-4H3,(H,12,14). The normalized spacial score (nSPS) is 11.5. The molecule has 3 nitrogen and oxygen atoms in total. The van der Waals surface area contributed by atoms with E-state index in [0.717, 1.165) is 25.9 Å². The Labute approximate surface area is 97.8 Å². The number of hydrogen-bond donors (Lipinski definition) is 2. The summed E-state index contributed by atoms with van der Waals surface area (Å²) in [5.41, 5.74) is 0. The lowest BCUT2D eigenvalue weighted by Gasteiger charge is -2.29. The van der Waals surface area contributed by atoms with Crippen LogP contribution >= 0.6 is 11.8 Å². The van der Waals surface area contributed by atoms with Crippen LogP contribution in [-0.4, -0.2) is 37.0 Å². The maximum atomic E-state index is 11.0. The minimum absolute atomic E-state index is 0.102. The molecule has 0 saturated carbocycles. The highest BCUT2D eigenvalue weighted by atomic mass is 32.2. The molecule has 4 heteroatoms. The highest BCUT2D eigenvalue weighted by Crippen LogP contribution is 2.29. The molecule has 0 unspecified atom stereocenters. The van der Waals surface area contributed by atoms with E-state index in [1.54, 1.807) is 7.05 Å². The number of carbonyl (C=O) groups excluding carboxylic acids is 1. The molecule has 2 N–H and O–H groups in total. The smallest absolute Gasteiger partial charge is 0.221 e. The number of rotatable bonds is 8. The van der Waals surface area contributed by atoms with Gasteiger partial charge >= 0.3 is 0 Å².